The number of nitrogens with zero attached hydrogens (tertiary/aromatic N) is 1. The van der Waals surface area contributed by atoms with Gasteiger partial charge >= 0.3 is 5.97 Å². The van der Waals surface area contributed by atoms with E-state index in [-0.39, 0.29) is 0 Å². The highest BCUT2D eigenvalue weighted by atomic mass is 16.5. The second kappa shape index (κ2) is 7.66. The Hall–Kier alpha value is -1.39. The average molecular weight is 333 g/mol. The van der Waals surface area contributed by atoms with Gasteiger partial charge in [0.25, 0.3) is 0 Å². The Morgan fingerprint density at radius 2 is 1.79 bits per heavy atom. The van der Waals surface area contributed by atoms with E-state index in [1.807, 2.05) is 12.1 Å². The zero-order valence-corrected chi connectivity index (χ0v) is 15.6. The van der Waals surface area contributed by atoms with Crippen molar-refractivity contribution in [2.45, 2.75) is 58.7 Å². The first-order valence-corrected chi connectivity index (χ1v) is 8.89. The number of aliphatic carboxylic acids is 1. The Morgan fingerprint density at radius 1 is 1.25 bits per heavy atom. The molecule has 1 N–H and O–H groups in total. The van der Waals surface area contributed by atoms with Crippen molar-refractivity contribution >= 4 is 5.97 Å². The number of ether oxygens (including phenoxy) is 1. The summed E-state index contributed by atoms with van der Waals surface area (Å²) in [6, 6.07) is 8.05. The fourth-order valence-corrected chi connectivity index (χ4v) is 3.52. The van der Waals surface area contributed by atoms with Crippen molar-refractivity contribution in [3.63, 3.8) is 0 Å². The van der Waals surface area contributed by atoms with Gasteiger partial charge in [-0.25, -0.2) is 0 Å². The van der Waals surface area contributed by atoms with E-state index in [1.54, 1.807) is 13.8 Å². The van der Waals surface area contributed by atoms with Gasteiger partial charge < -0.3 is 9.84 Å². The zero-order chi connectivity index (χ0) is 17.9. The monoisotopic (exact) mass is 333 g/mol. The van der Waals surface area contributed by atoms with Crippen LogP contribution in [0.4, 0.5) is 0 Å². The van der Waals surface area contributed by atoms with Crippen LogP contribution < -0.4 is 0 Å². The highest BCUT2D eigenvalue weighted by Gasteiger charge is 2.29. The molecular formula is C20H31NO3. The lowest BCUT2D eigenvalue weighted by Gasteiger charge is -2.36. The van der Waals surface area contributed by atoms with Crippen LogP contribution in [0, 0.1) is 5.92 Å². The smallest absolute Gasteiger partial charge is 0.313 e. The molecule has 1 fully saturated rings. The van der Waals surface area contributed by atoms with Gasteiger partial charge in [-0.15, -0.1) is 0 Å². The lowest BCUT2D eigenvalue weighted by molar-refractivity contribution is -0.142. The summed E-state index contributed by atoms with van der Waals surface area (Å²) in [6.07, 6.45) is 1.62. The van der Waals surface area contributed by atoms with Crippen molar-refractivity contribution in [1.82, 2.24) is 4.90 Å². The Balaban J connectivity index is 1.92. The molecular weight excluding hydrogens is 302 g/mol. The van der Waals surface area contributed by atoms with Crippen molar-refractivity contribution in [2.24, 2.45) is 5.92 Å². The number of morpholine rings is 1. The van der Waals surface area contributed by atoms with Gasteiger partial charge in [-0.1, -0.05) is 31.2 Å². The molecule has 0 aliphatic carbocycles. The van der Waals surface area contributed by atoms with Crippen molar-refractivity contribution in [3.05, 3.63) is 35.4 Å². The molecule has 0 saturated carbocycles. The average Bonchev–Trinajstić information content (AvgIpc) is 2.46. The minimum Gasteiger partial charge on any atom is -0.481 e. The van der Waals surface area contributed by atoms with Gasteiger partial charge in [-0.3, -0.25) is 9.69 Å². The van der Waals surface area contributed by atoms with Crippen LogP contribution in [-0.4, -0.2) is 47.8 Å². The number of carbonyl (C=O) groups is 1. The number of carboxylic acid groups (broad SMARTS) is 1. The summed E-state index contributed by atoms with van der Waals surface area (Å²) < 4.78 is 5.79. The first kappa shape index (κ1) is 18.9. The third kappa shape index (κ3) is 4.81. The van der Waals surface area contributed by atoms with Crippen LogP contribution in [0.2, 0.25) is 0 Å². The predicted molar refractivity (Wildman–Crippen MR) is 96.4 cm³/mol. The number of carboxylic acids is 1. The van der Waals surface area contributed by atoms with Gasteiger partial charge in [0.2, 0.25) is 0 Å². The number of hydrogen-bond donors (Lipinski definition) is 1. The second-order valence-corrected chi connectivity index (χ2v) is 7.91. The minimum atomic E-state index is -0.843. The molecule has 0 radical (unpaired) electrons. The largest absolute Gasteiger partial charge is 0.481 e. The van der Waals surface area contributed by atoms with Gasteiger partial charge in [0.1, 0.15) is 0 Å². The van der Waals surface area contributed by atoms with Crippen molar-refractivity contribution < 1.29 is 14.6 Å². The fourth-order valence-electron chi connectivity index (χ4n) is 3.52. The maximum Gasteiger partial charge on any atom is 0.313 e. The van der Waals surface area contributed by atoms with Crippen LogP contribution in [0.25, 0.3) is 0 Å². The molecule has 1 saturated heterocycles. The second-order valence-electron chi connectivity index (χ2n) is 7.91. The molecule has 24 heavy (non-hydrogen) atoms. The predicted octanol–water partition coefficient (Wildman–Crippen LogP) is 3.34. The lowest BCUT2D eigenvalue weighted by atomic mass is 9.84. The normalized spacial score (nSPS) is 23.9. The number of benzene rings is 1. The van der Waals surface area contributed by atoms with Crippen LogP contribution in [0.15, 0.2) is 24.3 Å². The summed E-state index contributed by atoms with van der Waals surface area (Å²) >= 11 is 0. The Kier molecular flexibility index (Phi) is 6.05. The van der Waals surface area contributed by atoms with Gasteiger partial charge in [0.15, 0.2) is 0 Å². The molecule has 0 bridgehead atoms. The fraction of sp³-hybridized carbons (Fsp3) is 0.650. The summed E-state index contributed by atoms with van der Waals surface area (Å²) in [6.45, 7) is 13.1. The van der Waals surface area contributed by atoms with Gasteiger partial charge in [0, 0.05) is 19.6 Å². The van der Waals surface area contributed by atoms with E-state index < -0.39 is 11.4 Å². The SMILES string of the molecule is CC(Cc1ccc(C(C)(C)C(=O)O)cc1)CN1CC(C)OC(C)C1. The van der Waals surface area contributed by atoms with Crippen LogP contribution in [-0.2, 0) is 21.4 Å². The van der Waals surface area contributed by atoms with E-state index in [9.17, 15) is 9.90 Å². The molecule has 0 aromatic heterocycles. The molecule has 3 unspecified atom stereocenters. The molecule has 1 aromatic rings. The van der Waals surface area contributed by atoms with E-state index in [0.29, 0.717) is 18.1 Å². The quantitative estimate of drug-likeness (QED) is 0.867. The van der Waals surface area contributed by atoms with Crippen LogP contribution in [0.5, 0.6) is 0 Å². The van der Waals surface area contributed by atoms with E-state index >= 15 is 0 Å². The summed E-state index contributed by atoms with van der Waals surface area (Å²) in [5, 5.41) is 9.32. The molecule has 1 aromatic carbocycles. The molecule has 0 amide bonds. The molecule has 0 spiro atoms. The van der Waals surface area contributed by atoms with Crippen molar-refractivity contribution in [1.29, 1.82) is 0 Å². The standard InChI is InChI=1S/C20H31NO3/c1-14(11-21-12-15(2)24-16(3)13-21)10-17-6-8-18(9-7-17)20(4,5)19(22)23/h6-9,14-16H,10-13H2,1-5H3,(H,22,23). The summed E-state index contributed by atoms with van der Waals surface area (Å²) in [5.74, 6) is -0.236. The zero-order valence-electron chi connectivity index (χ0n) is 15.6. The minimum absolute atomic E-state index is 0.304. The van der Waals surface area contributed by atoms with Crippen LogP contribution in [0.1, 0.15) is 45.7 Å². The maximum absolute atomic E-state index is 11.3. The first-order chi connectivity index (χ1) is 11.2. The van der Waals surface area contributed by atoms with Gasteiger partial charge in [-0.2, -0.15) is 0 Å². The summed E-state index contributed by atoms with van der Waals surface area (Å²) in [4.78, 5) is 13.8. The van der Waals surface area contributed by atoms with Crippen molar-refractivity contribution in [3.8, 4) is 0 Å². The lowest BCUT2D eigenvalue weighted by Crippen LogP contribution is -2.47. The van der Waals surface area contributed by atoms with E-state index in [4.69, 9.17) is 4.74 Å². The number of rotatable bonds is 6. The summed E-state index contributed by atoms with van der Waals surface area (Å²) in [7, 11) is 0. The maximum atomic E-state index is 11.3. The Morgan fingerprint density at radius 3 is 2.29 bits per heavy atom. The van der Waals surface area contributed by atoms with E-state index in [1.165, 1.54) is 5.56 Å². The topological polar surface area (TPSA) is 49.8 Å². The van der Waals surface area contributed by atoms with Gasteiger partial charge in [0.05, 0.1) is 17.6 Å². The Labute approximate surface area is 145 Å². The third-order valence-corrected chi connectivity index (χ3v) is 4.86. The number of hydrogen-bond acceptors (Lipinski definition) is 3. The molecule has 1 aliphatic heterocycles. The first-order valence-electron chi connectivity index (χ1n) is 8.89. The van der Waals surface area contributed by atoms with Crippen LogP contribution in [0.3, 0.4) is 0 Å². The molecule has 1 heterocycles. The highest BCUT2D eigenvalue weighted by molar-refractivity contribution is 5.80. The van der Waals surface area contributed by atoms with Crippen molar-refractivity contribution in [2.75, 3.05) is 19.6 Å². The Bertz CT molecular complexity index is 543. The third-order valence-electron chi connectivity index (χ3n) is 4.86. The molecule has 4 heteroatoms. The molecule has 134 valence electrons. The summed E-state index contributed by atoms with van der Waals surface area (Å²) in [5.41, 5.74) is 1.27. The molecule has 2 rings (SSSR count). The molecule has 3 atom stereocenters. The van der Waals surface area contributed by atoms with E-state index in [2.05, 4.69) is 37.8 Å². The van der Waals surface area contributed by atoms with Gasteiger partial charge in [-0.05, 0) is 51.2 Å². The van der Waals surface area contributed by atoms with E-state index in [0.717, 1.165) is 31.6 Å². The highest BCUT2D eigenvalue weighted by Crippen LogP contribution is 2.24. The molecule has 1 aliphatic rings. The molecule has 4 nitrogen and oxygen atoms in total. The van der Waals surface area contributed by atoms with Crippen LogP contribution >= 0.6 is 0 Å².